The minimum atomic E-state index is 0.288. The fourth-order valence-corrected chi connectivity index (χ4v) is 5.91. The van der Waals surface area contributed by atoms with Crippen molar-refractivity contribution in [2.75, 3.05) is 51.8 Å². The molecule has 2 atom stereocenters. The molecule has 2 aromatic carbocycles. The summed E-state index contributed by atoms with van der Waals surface area (Å²) in [5.41, 5.74) is 2.29. The van der Waals surface area contributed by atoms with Gasteiger partial charge in [-0.3, -0.25) is 9.80 Å². The number of allylic oxidation sites excluding steroid dienone is 3. The maximum absolute atomic E-state index is 6.34. The third-order valence-electron chi connectivity index (χ3n) is 7.59. The van der Waals surface area contributed by atoms with E-state index in [1.54, 1.807) is 7.11 Å². The number of hydrogen-bond donors (Lipinski definition) is 1. The predicted molar refractivity (Wildman–Crippen MR) is 161 cm³/mol. The fourth-order valence-electron chi connectivity index (χ4n) is 5.60. The first-order chi connectivity index (χ1) is 19.1. The van der Waals surface area contributed by atoms with Gasteiger partial charge in [-0.1, -0.05) is 59.6 Å². The van der Waals surface area contributed by atoms with Crippen molar-refractivity contribution < 1.29 is 4.74 Å². The lowest BCUT2D eigenvalue weighted by atomic mass is 9.87. The molecule has 2 unspecified atom stereocenters. The summed E-state index contributed by atoms with van der Waals surface area (Å²) in [6.07, 6.45) is 9.48. The first kappa shape index (κ1) is 28.1. The fraction of sp³-hybridized carbons (Fsp3) is 0.419. The van der Waals surface area contributed by atoms with E-state index >= 15 is 0 Å². The first-order valence-corrected chi connectivity index (χ1v) is 14.6. The first-order valence-electron chi connectivity index (χ1n) is 13.8. The summed E-state index contributed by atoms with van der Waals surface area (Å²) in [7, 11) is 1.73. The Morgan fingerprint density at radius 3 is 2.62 bits per heavy atom. The van der Waals surface area contributed by atoms with E-state index in [1.165, 1.54) is 5.56 Å². The molecule has 0 spiro atoms. The van der Waals surface area contributed by atoms with Crippen molar-refractivity contribution in [3.63, 3.8) is 0 Å². The third kappa shape index (κ3) is 7.38. The highest BCUT2D eigenvalue weighted by molar-refractivity contribution is 6.31. The van der Waals surface area contributed by atoms with Crippen LogP contribution in [-0.4, -0.2) is 66.2 Å². The second kappa shape index (κ2) is 13.7. The average Bonchev–Trinajstić information content (AvgIpc) is 3.17. The number of piperazine rings is 1. The summed E-state index contributed by atoms with van der Waals surface area (Å²) in [6.45, 7) is 6.17. The second-order valence-corrected chi connectivity index (χ2v) is 11.1. The van der Waals surface area contributed by atoms with Crippen molar-refractivity contribution >= 4 is 39.9 Å². The number of anilines is 1. The molecular weight excluding hydrogens is 529 g/mol. The van der Waals surface area contributed by atoms with Crippen LogP contribution in [0, 0.1) is 5.92 Å². The van der Waals surface area contributed by atoms with Crippen LogP contribution < -0.4 is 5.32 Å². The molecule has 3 aromatic rings. The van der Waals surface area contributed by atoms with Crippen LogP contribution in [0.25, 0.3) is 10.9 Å². The van der Waals surface area contributed by atoms with Gasteiger partial charge in [-0.15, -0.1) is 0 Å². The highest BCUT2D eigenvalue weighted by Gasteiger charge is 2.31. The zero-order valence-corrected chi connectivity index (χ0v) is 24.0. The van der Waals surface area contributed by atoms with Crippen LogP contribution in [0.15, 0.2) is 71.8 Å². The minimum absolute atomic E-state index is 0.288. The number of halogens is 2. The average molecular weight is 567 g/mol. The number of fused-ring (bicyclic) bond motifs is 1. The maximum Gasteiger partial charge on any atom is 0.145 e. The smallest absolute Gasteiger partial charge is 0.145 e. The van der Waals surface area contributed by atoms with E-state index in [0.29, 0.717) is 5.92 Å². The van der Waals surface area contributed by atoms with E-state index in [2.05, 4.69) is 57.6 Å². The van der Waals surface area contributed by atoms with E-state index in [4.69, 9.17) is 37.9 Å². The van der Waals surface area contributed by atoms with Gasteiger partial charge in [0.2, 0.25) is 0 Å². The molecule has 206 valence electrons. The Balaban J connectivity index is 1.28. The zero-order chi connectivity index (χ0) is 27.0. The van der Waals surface area contributed by atoms with E-state index in [9.17, 15) is 0 Å². The van der Waals surface area contributed by atoms with Crippen molar-refractivity contribution in [3.8, 4) is 0 Å². The number of ether oxygens (including phenoxy) is 1. The van der Waals surface area contributed by atoms with Gasteiger partial charge in [0.1, 0.15) is 11.6 Å². The molecular formula is C31H37Cl2N5O. The Morgan fingerprint density at radius 1 is 1.03 bits per heavy atom. The van der Waals surface area contributed by atoms with Gasteiger partial charge in [0, 0.05) is 67.9 Å². The van der Waals surface area contributed by atoms with E-state index in [-0.39, 0.29) is 6.04 Å². The van der Waals surface area contributed by atoms with Gasteiger partial charge in [0.05, 0.1) is 12.1 Å². The molecule has 1 saturated heterocycles. The second-order valence-electron chi connectivity index (χ2n) is 10.3. The van der Waals surface area contributed by atoms with Gasteiger partial charge in [-0.05, 0) is 61.1 Å². The van der Waals surface area contributed by atoms with Crippen LogP contribution in [0.3, 0.4) is 0 Å². The number of para-hydroxylation sites is 1. The third-order valence-corrected chi connectivity index (χ3v) is 8.12. The number of nitrogens with one attached hydrogen (secondary N) is 1. The molecule has 39 heavy (non-hydrogen) atoms. The lowest BCUT2D eigenvalue weighted by molar-refractivity contribution is 0.0717. The molecule has 5 rings (SSSR count). The summed E-state index contributed by atoms with van der Waals surface area (Å²) < 4.78 is 5.20. The van der Waals surface area contributed by atoms with Crippen LogP contribution in [-0.2, 0) is 11.3 Å². The number of hydrogen-bond acceptors (Lipinski definition) is 6. The van der Waals surface area contributed by atoms with Crippen LogP contribution >= 0.6 is 23.2 Å². The molecule has 0 bridgehead atoms. The molecule has 1 aliphatic heterocycles. The number of aromatic nitrogens is 2. The molecule has 0 saturated carbocycles. The highest BCUT2D eigenvalue weighted by Crippen LogP contribution is 2.36. The Morgan fingerprint density at radius 2 is 1.82 bits per heavy atom. The summed E-state index contributed by atoms with van der Waals surface area (Å²) in [5.74, 6) is 2.15. The SMILES string of the molecule is COCCCNc1nc(CN2CCN(C(c3ccc(Cl)cc3)C3C=CC(Cl)=CCC3)CC2)nc2ccccc12. The number of nitrogens with zero attached hydrogens (tertiary/aromatic N) is 4. The number of methoxy groups -OCH3 is 1. The predicted octanol–water partition coefficient (Wildman–Crippen LogP) is 6.68. The summed E-state index contributed by atoms with van der Waals surface area (Å²) >= 11 is 12.6. The standard InChI is InChI=1S/C31H37Cl2N5O/c1-39-21-5-16-34-31-27-8-2-3-9-28(27)35-29(36-31)22-37-17-19-38(20-18-37)30(24-11-14-26(33)15-12-24)23-6-4-7-25(32)13-10-23/h2-3,7-15,23,30H,4-6,16-22H2,1H3,(H,34,35,36). The topological polar surface area (TPSA) is 53.5 Å². The van der Waals surface area contributed by atoms with Crippen LogP contribution in [0.5, 0.6) is 0 Å². The van der Waals surface area contributed by atoms with Crippen molar-refractivity contribution in [3.05, 3.63) is 88.2 Å². The summed E-state index contributed by atoms with van der Waals surface area (Å²) in [4.78, 5) is 14.9. The van der Waals surface area contributed by atoms with Gasteiger partial charge in [-0.2, -0.15) is 0 Å². The number of rotatable bonds is 10. The zero-order valence-electron chi connectivity index (χ0n) is 22.5. The normalized spacial score (nSPS) is 19.6. The molecule has 1 aromatic heterocycles. The van der Waals surface area contributed by atoms with E-state index < -0.39 is 0 Å². The van der Waals surface area contributed by atoms with Gasteiger partial charge < -0.3 is 10.1 Å². The van der Waals surface area contributed by atoms with Crippen molar-refractivity contribution in [1.29, 1.82) is 0 Å². The minimum Gasteiger partial charge on any atom is -0.385 e. The summed E-state index contributed by atoms with van der Waals surface area (Å²) in [6, 6.07) is 16.9. The van der Waals surface area contributed by atoms with Crippen molar-refractivity contribution in [2.24, 2.45) is 5.92 Å². The molecule has 0 radical (unpaired) electrons. The van der Waals surface area contributed by atoms with Gasteiger partial charge >= 0.3 is 0 Å². The maximum atomic E-state index is 6.34. The van der Waals surface area contributed by atoms with Gasteiger partial charge in [0.15, 0.2) is 0 Å². The molecule has 1 aliphatic carbocycles. The summed E-state index contributed by atoms with van der Waals surface area (Å²) in [5, 5.41) is 6.16. The Hall–Kier alpha value is -2.48. The van der Waals surface area contributed by atoms with Crippen molar-refractivity contribution in [2.45, 2.75) is 31.8 Å². The molecule has 6 nitrogen and oxygen atoms in total. The Labute approximate surface area is 241 Å². The molecule has 2 heterocycles. The highest BCUT2D eigenvalue weighted by atomic mass is 35.5. The van der Waals surface area contributed by atoms with E-state index in [1.807, 2.05) is 24.3 Å². The van der Waals surface area contributed by atoms with Crippen LogP contribution in [0.4, 0.5) is 5.82 Å². The molecule has 2 aliphatic rings. The largest absolute Gasteiger partial charge is 0.385 e. The van der Waals surface area contributed by atoms with Gasteiger partial charge in [-0.25, -0.2) is 9.97 Å². The quantitative estimate of drug-likeness (QED) is 0.277. The van der Waals surface area contributed by atoms with Crippen molar-refractivity contribution in [1.82, 2.24) is 19.8 Å². The number of benzene rings is 2. The van der Waals surface area contributed by atoms with Gasteiger partial charge in [0.25, 0.3) is 0 Å². The van der Waals surface area contributed by atoms with Crippen LogP contribution in [0.1, 0.15) is 36.7 Å². The van der Waals surface area contributed by atoms with E-state index in [0.717, 1.165) is 97.7 Å². The monoisotopic (exact) mass is 565 g/mol. The molecule has 8 heteroatoms. The lowest BCUT2D eigenvalue weighted by Crippen LogP contribution is -2.48. The lowest BCUT2D eigenvalue weighted by Gasteiger charge is -2.42. The molecule has 1 N–H and O–H groups in total. The Kier molecular flexibility index (Phi) is 9.88. The molecule has 1 fully saturated rings. The Bertz CT molecular complexity index is 1290. The van der Waals surface area contributed by atoms with Crippen LogP contribution in [0.2, 0.25) is 5.02 Å². The molecule has 0 amide bonds.